The molecular weight excluding hydrogens is 312 g/mol. The molecule has 3 heteroatoms. The zero-order valence-corrected chi connectivity index (χ0v) is 13.5. The first-order valence-electron chi connectivity index (χ1n) is 6.81. The number of hydrogen-bond acceptors (Lipinski definition) is 1. The van der Waals surface area contributed by atoms with E-state index in [0.717, 1.165) is 26.9 Å². The molecule has 0 atom stereocenters. The van der Waals surface area contributed by atoms with Gasteiger partial charge in [0, 0.05) is 10.0 Å². The summed E-state index contributed by atoms with van der Waals surface area (Å²) < 4.78 is 1.08. The van der Waals surface area contributed by atoms with Crippen LogP contribution in [-0.2, 0) is 0 Å². The van der Waals surface area contributed by atoms with Crippen LogP contribution in [0.5, 0.6) is 0 Å². The van der Waals surface area contributed by atoms with Crippen molar-refractivity contribution in [2.24, 2.45) is 0 Å². The van der Waals surface area contributed by atoms with Gasteiger partial charge in [0.05, 0.1) is 11.0 Å². The van der Waals surface area contributed by atoms with Crippen LogP contribution in [0.25, 0.3) is 22.4 Å². The topological polar surface area (TPSA) is 28.7 Å². The Morgan fingerprint density at radius 2 is 1.80 bits per heavy atom. The van der Waals surface area contributed by atoms with Crippen molar-refractivity contribution in [3.8, 4) is 11.4 Å². The minimum Gasteiger partial charge on any atom is -0.338 e. The molecule has 0 unspecified atom stereocenters. The molecule has 3 aromatic rings. The highest BCUT2D eigenvalue weighted by Gasteiger charge is 2.08. The number of H-pyrrole nitrogens is 1. The molecule has 0 radical (unpaired) electrons. The van der Waals surface area contributed by atoms with Gasteiger partial charge < -0.3 is 4.98 Å². The van der Waals surface area contributed by atoms with Crippen molar-refractivity contribution in [1.29, 1.82) is 0 Å². The Kier molecular flexibility index (Phi) is 3.38. The first-order valence-corrected chi connectivity index (χ1v) is 7.60. The molecule has 0 aliphatic heterocycles. The van der Waals surface area contributed by atoms with Gasteiger partial charge in [0.2, 0.25) is 0 Å². The molecule has 2 aromatic carbocycles. The van der Waals surface area contributed by atoms with Gasteiger partial charge in [-0.2, -0.15) is 0 Å². The van der Waals surface area contributed by atoms with Crippen molar-refractivity contribution in [2.45, 2.75) is 26.7 Å². The van der Waals surface area contributed by atoms with E-state index < -0.39 is 0 Å². The molecule has 1 aromatic heterocycles. The third-order valence-electron chi connectivity index (χ3n) is 3.59. The fourth-order valence-electron chi connectivity index (χ4n) is 2.41. The second-order valence-electron chi connectivity index (χ2n) is 5.48. The van der Waals surface area contributed by atoms with Crippen molar-refractivity contribution in [1.82, 2.24) is 9.97 Å². The summed E-state index contributed by atoms with van der Waals surface area (Å²) in [5.41, 5.74) is 5.76. The molecule has 0 bridgehead atoms. The van der Waals surface area contributed by atoms with Crippen LogP contribution in [0.1, 0.15) is 30.9 Å². The number of benzene rings is 2. The Morgan fingerprint density at radius 1 is 1.10 bits per heavy atom. The lowest BCUT2D eigenvalue weighted by molar-refractivity contribution is 0.867. The maximum Gasteiger partial charge on any atom is 0.138 e. The zero-order chi connectivity index (χ0) is 14.3. The van der Waals surface area contributed by atoms with Gasteiger partial charge in [-0.1, -0.05) is 54.0 Å². The second kappa shape index (κ2) is 5.06. The van der Waals surface area contributed by atoms with Crippen LogP contribution in [0.15, 0.2) is 40.9 Å². The molecular formula is C17H17BrN2. The van der Waals surface area contributed by atoms with E-state index in [-0.39, 0.29) is 0 Å². The van der Waals surface area contributed by atoms with E-state index >= 15 is 0 Å². The summed E-state index contributed by atoms with van der Waals surface area (Å²) in [4.78, 5) is 8.12. The maximum absolute atomic E-state index is 4.72. The highest BCUT2D eigenvalue weighted by Crippen LogP contribution is 2.26. The summed E-state index contributed by atoms with van der Waals surface area (Å²) in [5, 5.41) is 0. The van der Waals surface area contributed by atoms with Crippen molar-refractivity contribution in [2.75, 3.05) is 0 Å². The van der Waals surface area contributed by atoms with Crippen molar-refractivity contribution in [3.05, 3.63) is 52.0 Å². The van der Waals surface area contributed by atoms with E-state index in [1.54, 1.807) is 0 Å². The Balaban J connectivity index is 2.08. The molecule has 0 amide bonds. The van der Waals surface area contributed by atoms with Gasteiger partial charge in [-0.3, -0.25) is 0 Å². The normalized spacial score (nSPS) is 11.4. The molecule has 0 spiro atoms. The largest absolute Gasteiger partial charge is 0.338 e. The monoisotopic (exact) mass is 328 g/mol. The predicted molar refractivity (Wildman–Crippen MR) is 88.1 cm³/mol. The summed E-state index contributed by atoms with van der Waals surface area (Å²) in [6.45, 7) is 6.49. The van der Waals surface area contributed by atoms with Crippen molar-refractivity contribution >= 4 is 27.0 Å². The molecule has 1 heterocycles. The lowest BCUT2D eigenvalue weighted by Crippen LogP contribution is -1.87. The zero-order valence-electron chi connectivity index (χ0n) is 11.9. The minimum absolute atomic E-state index is 0.554. The first-order chi connectivity index (χ1) is 9.54. The molecule has 20 heavy (non-hydrogen) atoms. The summed E-state index contributed by atoms with van der Waals surface area (Å²) in [7, 11) is 0. The van der Waals surface area contributed by atoms with E-state index in [9.17, 15) is 0 Å². The predicted octanol–water partition coefficient (Wildman–Crippen LogP) is 5.42. The van der Waals surface area contributed by atoms with Crippen LogP contribution < -0.4 is 0 Å². The van der Waals surface area contributed by atoms with Crippen LogP contribution in [0.2, 0.25) is 0 Å². The van der Waals surface area contributed by atoms with Crippen molar-refractivity contribution < 1.29 is 0 Å². The summed E-state index contributed by atoms with van der Waals surface area (Å²) in [6, 6.07) is 12.8. The third-order valence-corrected chi connectivity index (χ3v) is 4.05. The van der Waals surface area contributed by atoms with E-state index in [2.05, 4.69) is 78.1 Å². The molecule has 102 valence electrons. The number of fused-ring (bicyclic) bond motifs is 1. The third kappa shape index (κ3) is 2.38. The van der Waals surface area contributed by atoms with Gasteiger partial charge in [-0.15, -0.1) is 0 Å². The summed E-state index contributed by atoms with van der Waals surface area (Å²) in [6.07, 6.45) is 0. The fraction of sp³-hybridized carbons (Fsp3) is 0.235. The van der Waals surface area contributed by atoms with Gasteiger partial charge >= 0.3 is 0 Å². The Bertz CT molecular complexity index is 755. The minimum atomic E-state index is 0.554. The van der Waals surface area contributed by atoms with Gasteiger partial charge in [0.25, 0.3) is 0 Å². The number of nitrogens with zero attached hydrogens (tertiary/aromatic N) is 1. The Morgan fingerprint density at radius 3 is 2.45 bits per heavy atom. The number of hydrogen-bond donors (Lipinski definition) is 1. The van der Waals surface area contributed by atoms with E-state index in [1.165, 1.54) is 11.1 Å². The number of halogens is 1. The summed E-state index contributed by atoms with van der Waals surface area (Å²) in [5.74, 6) is 1.48. The number of nitrogens with one attached hydrogen (secondary N) is 1. The van der Waals surface area contributed by atoms with Crippen LogP contribution >= 0.6 is 15.9 Å². The Labute approximate surface area is 127 Å². The molecule has 0 aliphatic rings. The molecule has 0 saturated heterocycles. The number of aromatic amines is 1. The van der Waals surface area contributed by atoms with E-state index in [4.69, 9.17) is 4.98 Å². The second-order valence-corrected chi connectivity index (χ2v) is 6.40. The van der Waals surface area contributed by atoms with Gasteiger partial charge in [-0.25, -0.2) is 4.98 Å². The maximum atomic E-state index is 4.72. The van der Waals surface area contributed by atoms with Crippen LogP contribution in [0, 0.1) is 6.92 Å². The number of aryl methyl sites for hydroxylation is 1. The van der Waals surface area contributed by atoms with Crippen LogP contribution in [0.3, 0.4) is 0 Å². The standard InChI is InChI=1S/C17H17BrN2/c1-10(2)12-4-6-13(7-5-12)17-19-15-9-14(18)8-11(3)16(15)20-17/h4-10H,1-3H3,(H,19,20). The smallest absolute Gasteiger partial charge is 0.138 e. The van der Waals surface area contributed by atoms with Gasteiger partial charge in [0.1, 0.15) is 5.82 Å². The lowest BCUT2D eigenvalue weighted by atomic mass is 10.0. The SMILES string of the molecule is Cc1cc(Br)cc2[nH]c(-c3ccc(C(C)C)cc3)nc12. The molecule has 0 saturated carbocycles. The van der Waals surface area contributed by atoms with E-state index in [0.29, 0.717) is 5.92 Å². The molecule has 2 nitrogen and oxygen atoms in total. The lowest BCUT2D eigenvalue weighted by Gasteiger charge is -2.05. The molecule has 3 rings (SSSR count). The highest BCUT2D eigenvalue weighted by molar-refractivity contribution is 9.10. The van der Waals surface area contributed by atoms with Crippen LogP contribution in [0.4, 0.5) is 0 Å². The fourth-order valence-corrected chi connectivity index (χ4v) is 2.98. The quantitative estimate of drug-likeness (QED) is 0.668. The van der Waals surface area contributed by atoms with Gasteiger partial charge in [-0.05, 0) is 36.1 Å². The number of imidazole rings is 1. The number of rotatable bonds is 2. The van der Waals surface area contributed by atoms with Crippen molar-refractivity contribution in [3.63, 3.8) is 0 Å². The first kappa shape index (κ1) is 13.4. The summed E-state index contributed by atoms with van der Waals surface area (Å²) >= 11 is 3.53. The van der Waals surface area contributed by atoms with Crippen LogP contribution in [-0.4, -0.2) is 9.97 Å². The van der Waals surface area contributed by atoms with E-state index in [1.807, 2.05) is 0 Å². The molecule has 1 N–H and O–H groups in total. The highest BCUT2D eigenvalue weighted by atomic mass is 79.9. The average molecular weight is 329 g/mol. The Hall–Kier alpha value is -1.61. The molecule has 0 fully saturated rings. The van der Waals surface area contributed by atoms with Gasteiger partial charge in [0.15, 0.2) is 0 Å². The average Bonchev–Trinajstić information content (AvgIpc) is 2.83. The molecule has 0 aliphatic carbocycles. The number of aromatic nitrogens is 2.